The normalized spacial score (nSPS) is 18.7. The van der Waals surface area contributed by atoms with E-state index >= 15 is 0 Å². The molecule has 19 heavy (non-hydrogen) atoms. The zero-order chi connectivity index (χ0) is 13.8. The summed E-state index contributed by atoms with van der Waals surface area (Å²) in [5.74, 6) is 1.43. The van der Waals surface area contributed by atoms with E-state index in [4.69, 9.17) is 9.47 Å². The van der Waals surface area contributed by atoms with Crippen LogP contribution >= 0.6 is 0 Å². The second-order valence-corrected chi connectivity index (χ2v) is 5.01. The van der Waals surface area contributed by atoms with Gasteiger partial charge in [-0.2, -0.15) is 4.98 Å². The van der Waals surface area contributed by atoms with Crippen LogP contribution in [0.4, 0.5) is 5.82 Å². The van der Waals surface area contributed by atoms with E-state index in [-0.39, 0.29) is 6.10 Å². The standard InChI is InChI=1S/C13H22N4O2/c1-9(2)17(3)12-7-15-11-6-14-5-10(8-18-4)19-13(11)16-12/h7,9-10,14H,5-6,8H2,1-4H3/t10-/m1/s1. The summed E-state index contributed by atoms with van der Waals surface area (Å²) in [4.78, 5) is 11.1. The number of methoxy groups -OCH3 is 1. The van der Waals surface area contributed by atoms with Crippen LogP contribution in [0.3, 0.4) is 0 Å². The number of aromatic nitrogens is 2. The van der Waals surface area contributed by atoms with Crippen LogP contribution in [0.1, 0.15) is 19.5 Å². The minimum atomic E-state index is -0.0276. The molecule has 0 spiro atoms. The maximum Gasteiger partial charge on any atom is 0.239 e. The third-order valence-corrected chi connectivity index (χ3v) is 3.23. The van der Waals surface area contributed by atoms with Crippen LogP contribution in [0, 0.1) is 0 Å². The fourth-order valence-electron chi connectivity index (χ4n) is 1.87. The summed E-state index contributed by atoms with van der Waals surface area (Å²) >= 11 is 0. The summed E-state index contributed by atoms with van der Waals surface area (Å²) in [7, 11) is 3.67. The van der Waals surface area contributed by atoms with Gasteiger partial charge in [0.1, 0.15) is 11.8 Å². The van der Waals surface area contributed by atoms with Crippen LogP contribution in [-0.2, 0) is 11.3 Å². The van der Waals surface area contributed by atoms with Crippen molar-refractivity contribution in [1.29, 1.82) is 0 Å². The van der Waals surface area contributed by atoms with Gasteiger partial charge in [-0.25, -0.2) is 0 Å². The maximum absolute atomic E-state index is 5.88. The molecule has 1 N–H and O–H groups in total. The Hall–Kier alpha value is -1.40. The Morgan fingerprint density at radius 1 is 1.58 bits per heavy atom. The van der Waals surface area contributed by atoms with E-state index in [0.717, 1.165) is 18.1 Å². The molecule has 6 heteroatoms. The first-order valence-corrected chi connectivity index (χ1v) is 6.57. The largest absolute Gasteiger partial charge is 0.469 e. The molecule has 0 saturated carbocycles. The zero-order valence-corrected chi connectivity index (χ0v) is 12.0. The van der Waals surface area contributed by atoms with Gasteiger partial charge in [0.15, 0.2) is 5.82 Å². The summed E-state index contributed by atoms with van der Waals surface area (Å²) < 4.78 is 11.0. The van der Waals surface area contributed by atoms with E-state index in [1.54, 1.807) is 13.3 Å². The fraction of sp³-hybridized carbons (Fsp3) is 0.692. The smallest absolute Gasteiger partial charge is 0.239 e. The van der Waals surface area contributed by atoms with E-state index in [9.17, 15) is 0 Å². The van der Waals surface area contributed by atoms with Crippen LogP contribution in [0.15, 0.2) is 6.20 Å². The van der Waals surface area contributed by atoms with Crippen LogP contribution in [0.2, 0.25) is 0 Å². The number of hydrogen-bond donors (Lipinski definition) is 1. The molecular formula is C13H22N4O2. The highest BCUT2D eigenvalue weighted by Gasteiger charge is 2.20. The van der Waals surface area contributed by atoms with Crippen molar-refractivity contribution in [3.05, 3.63) is 11.9 Å². The number of anilines is 1. The number of rotatable bonds is 4. The molecule has 2 heterocycles. The Morgan fingerprint density at radius 3 is 3.05 bits per heavy atom. The molecule has 0 unspecified atom stereocenters. The topological polar surface area (TPSA) is 59.5 Å². The van der Waals surface area contributed by atoms with Gasteiger partial charge in [-0.05, 0) is 13.8 Å². The summed E-state index contributed by atoms with van der Waals surface area (Å²) in [6.45, 7) is 6.18. The molecule has 0 radical (unpaired) electrons. The van der Waals surface area contributed by atoms with Crippen molar-refractivity contribution in [3.63, 3.8) is 0 Å². The van der Waals surface area contributed by atoms with Crippen molar-refractivity contribution in [2.24, 2.45) is 0 Å². The Morgan fingerprint density at radius 2 is 2.37 bits per heavy atom. The van der Waals surface area contributed by atoms with Crippen molar-refractivity contribution >= 4 is 5.82 Å². The third kappa shape index (κ3) is 3.33. The van der Waals surface area contributed by atoms with Crippen LogP contribution in [0.25, 0.3) is 0 Å². The number of nitrogens with one attached hydrogen (secondary N) is 1. The van der Waals surface area contributed by atoms with Crippen molar-refractivity contribution in [1.82, 2.24) is 15.3 Å². The van der Waals surface area contributed by atoms with Crippen molar-refractivity contribution in [2.75, 3.05) is 32.2 Å². The third-order valence-electron chi connectivity index (χ3n) is 3.23. The highest BCUT2D eigenvalue weighted by molar-refractivity contribution is 5.39. The minimum Gasteiger partial charge on any atom is -0.469 e. The Bertz CT molecular complexity index is 425. The fourth-order valence-corrected chi connectivity index (χ4v) is 1.87. The molecule has 1 aliphatic heterocycles. The highest BCUT2D eigenvalue weighted by atomic mass is 16.5. The molecule has 0 saturated heterocycles. The number of hydrogen-bond acceptors (Lipinski definition) is 6. The van der Waals surface area contributed by atoms with Gasteiger partial charge in [0.05, 0.1) is 12.8 Å². The average molecular weight is 266 g/mol. The lowest BCUT2D eigenvalue weighted by Crippen LogP contribution is -2.32. The first kappa shape index (κ1) is 14.0. The number of ether oxygens (including phenoxy) is 2. The molecule has 1 aliphatic rings. The molecule has 0 fully saturated rings. The van der Waals surface area contributed by atoms with Gasteiger partial charge in [-0.3, -0.25) is 4.98 Å². The molecule has 6 nitrogen and oxygen atoms in total. The minimum absolute atomic E-state index is 0.0276. The van der Waals surface area contributed by atoms with E-state index in [0.29, 0.717) is 25.1 Å². The summed E-state index contributed by atoms with van der Waals surface area (Å²) in [5.41, 5.74) is 0.847. The Balaban J connectivity index is 2.22. The van der Waals surface area contributed by atoms with Gasteiger partial charge in [0.2, 0.25) is 5.88 Å². The van der Waals surface area contributed by atoms with E-state index in [1.165, 1.54) is 0 Å². The Kier molecular flexibility index (Phi) is 4.55. The molecule has 0 amide bonds. The van der Waals surface area contributed by atoms with Gasteiger partial charge >= 0.3 is 0 Å². The average Bonchev–Trinajstić information content (AvgIpc) is 2.59. The van der Waals surface area contributed by atoms with Crippen LogP contribution < -0.4 is 15.0 Å². The molecule has 2 rings (SSSR count). The summed E-state index contributed by atoms with van der Waals surface area (Å²) in [6.07, 6.45) is 1.76. The number of fused-ring (bicyclic) bond motifs is 1. The quantitative estimate of drug-likeness (QED) is 0.870. The lowest BCUT2D eigenvalue weighted by atomic mass is 10.3. The van der Waals surface area contributed by atoms with Gasteiger partial charge < -0.3 is 19.7 Å². The molecule has 1 atom stereocenters. The first-order chi connectivity index (χ1) is 9.11. The second kappa shape index (κ2) is 6.16. The molecule has 0 aromatic carbocycles. The van der Waals surface area contributed by atoms with Crippen molar-refractivity contribution in [2.45, 2.75) is 32.5 Å². The molecule has 1 aromatic rings. The monoisotopic (exact) mass is 266 g/mol. The maximum atomic E-state index is 5.88. The van der Waals surface area contributed by atoms with E-state index in [2.05, 4.69) is 34.0 Å². The van der Waals surface area contributed by atoms with Gasteiger partial charge in [-0.15, -0.1) is 0 Å². The molecule has 0 bridgehead atoms. The first-order valence-electron chi connectivity index (χ1n) is 6.57. The second-order valence-electron chi connectivity index (χ2n) is 5.01. The molecule has 106 valence electrons. The molecule has 1 aromatic heterocycles. The summed E-state index contributed by atoms with van der Waals surface area (Å²) in [5, 5.41) is 3.29. The molecule has 0 aliphatic carbocycles. The lowest BCUT2D eigenvalue weighted by molar-refractivity contribution is 0.0810. The SMILES string of the molecule is COC[C@H]1CNCc2ncc(N(C)C(C)C)nc2O1. The van der Waals surface area contributed by atoms with Gasteiger partial charge in [0, 0.05) is 33.3 Å². The predicted octanol–water partition coefficient (Wildman–Crippen LogP) is 0.818. The molecular weight excluding hydrogens is 244 g/mol. The van der Waals surface area contributed by atoms with E-state index in [1.807, 2.05) is 7.05 Å². The summed E-state index contributed by atoms with van der Waals surface area (Å²) in [6, 6.07) is 0.367. The van der Waals surface area contributed by atoms with Crippen molar-refractivity contribution in [3.8, 4) is 5.88 Å². The van der Waals surface area contributed by atoms with Crippen LogP contribution in [-0.4, -0.2) is 49.4 Å². The zero-order valence-electron chi connectivity index (χ0n) is 12.0. The predicted molar refractivity (Wildman–Crippen MR) is 73.6 cm³/mol. The van der Waals surface area contributed by atoms with Gasteiger partial charge in [0.25, 0.3) is 0 Å². The van der Waals surface area contributed by atoms with Crippen LogP contribution in [0.5, 0.6) is 5.88 Å². The Labute approximate surface area is 114 Å². The lowest BCUT2D eigenvalue weighted by Gasteiger charge is -2.23. The highest BCUT2D eigenvalue weighted by Crippen LogP contribution is 2.21. The number of nitrogens with zero attached hydrogens (tertiary/aromatic N) is 3. The van der Waals surface area contributed by atoms with Crippen molar-refractivity contribution < 1.29 is 9.47 Å². The van der Waals surface area contributed by atoms with Gasteiger partial charge in [-0.1, -0.05) is 0 Å². The van der Waals surface area contributed by atoms with E-state index < -0.39 is 0 Å².